The molecule has 35 heavy (non-hydrogen) atoms. The molecule has 1 fully saturated rings. The smallest absolute Gasteiger partial charge is 0.341 e. The lowest BCUT2D eigenvalue weighted by atomic mass is 9.89. The maximum absolute atomic E-state index is 10.7. The van der Waals surface area contributed by atoms with Crippen LogP contribution in [0.5, 0.6) is 5.75 Å². The number of fused-ring (bicyclic) bond motifs is 1. The van der Waals surface area contributed by atoms with E-state index in [1.165, 1.54) is 54.3 Å². The summed E-state index contributed by atoms with van der Waals surface area (Å²) in [6.07, 6.45) is 8.44. The largest absolute Gasteiger partial charge is 0.482 e. The third-order valence-corrected chi connectivity index (χ3v) is 7.05. The molecule has 0 bridgehead atoms. The van der Waals surface area contributed by atoms with Gasteiger partial charge in [0, 0.05) is 12.1 Å². The van der Waals surface area contributed by atoms with Gasteiger partial charge in [-0.2, -0.15) is 0 Å². The molecule has 5 heteroatoms. The van der Waals surface area contributed by atoms with Crippen molar-refractivity contribution in [1.82, 2.24) is 9.55 Å². The summed E-state index contributed by atoms with van der Waals surface area (Å²) in [5.41, 5.74) is 5.97. The van der Waals surface area contributed by atoms with Gasteiger partial charge in [-0.3, -0.25) is 0 Å². The van der Waals surface area contributed by atoms with Crippen molar-refractivity contribution < 1.29 is 14.6 Å². The van der Waals surface area contributed by atoms with Gasteiger partial charge in [0.1, 0.15) is 11.6 Å². The number of hydrogen-bond acceptors (Lipinski definition) is 3. The van der Waals surface area contributed by atoms with Gasteiger partial charge in [0.05, 0.1) is 11.0 Å². The molecule has 0 radical (unpaired) electrons. The summed E-state index contributed by atoms with van der Waals surface area (Å²) >= 11 is 0. The number of carboxylic acids is 1. The van der Waals surface area contributed by atoms with E-state index in [4.69, 9.17) is 14.8 Å². The molecule has 0 atom stereocenters. The molecule has 180 valence electrons. The standard InChI is InChI=1S/C30H32N2O3/c33-29(34)21-35-25-18-15-22(16-19-25)14-17-24-10-4-5-11-26(24)30-31-27-12-6-7-13-28(27)32(30)20-23-8-2-1-3-9-23/h4-7,10-13,15-16,18-19,23H,1-3,8-9,14,17,20-21H2,(H,33,34). The van der Waals surface area contributed by atoms with Gasteiger partial charge in [0.25, 0.3) is 0 Å². The molecule has 1 saturated carbocycles. The molecule has 0 aliphatic heterocycles. The van der Waals surface area contributed by atoms with Crippen molar-refractivity contribution in [2.45, 2.75) is 51.5 Å². The van der Waals surface area contributed by atoms with Crippen molar-refractivity contribution in [3.05, 3.63) is 83.9 Å². The third-order valence-electron chi connectivity index (χ3n) is 7.05. The van der Waals surface area contributed by atoms with Gasteiger partial charge in [-0.25, -0.2) is 9.78 Å². The van der Waals surface area contributed by atoms with Crippen molar-refractivity contribution in [3.63, 3.8) is 0 Å². The van der Waals surface area contributed by atoms with E-state index < -0.39 is 5.97 Å². The molecule has 0 spiro atoms. The van der Waals surface area contributed by atoms with Gasteiger partial charge in [-0.15, -0.1) is 0 Å². The Kier molecular flexibility index (Phi) is 7.12. The molecule has 1 aromatic heterocycles. The Labute approximate surface area is 206 Å². The van der Waals surface area contributed by atoms with E-state index in [1.807, 2.05) is 24.3 Å². The van der Waals surface area contributed by atoms with E-state index in [0.717, 1.165) is 30.7 Å². The summed E-state index contributed by atoms with van der Waals surface area (Å²) in [5.74, 6) is 1.40. The number of hydrogen-bond donors (Lipinski definition) is 1. The molecular formula is C30H32N2O3. The molecular weight excluding hydrogens is 436 g/mol. The molecule has 3 aromatic carbocycles. The highest BCUT2D eigenvalue weighted by molar-refractivity contribution is 5.81. The number of benzene rings is 3. The molecule has 0 unspecified atom stereocenters. The maximum atomic E-state index is 10.7. The number of rotatable bonds is 9. The average Bonchev–Trinajstić information content (AvgIpc) is 3.25. The molecule has 1 N–H and O–H groups in total. The molecule has 1 aliphatic carbocycles. The lowest BCUT2D eigenvalue weighted by Gasteiger charge is -2.23. The zero-order chi connectivity index (χ0) is 24.0. The highest BCUT2D eigenvalue weighted by atomic mass is 16.5. The first-order valence-corrected chi connectivity index (χ1v) is 12.6. The van der Waals surface area contributed by atoms with Crippen LogP contribution in [0.4, 0.5) is 0 Å². The van der Waals surface area contributed by atoms with Gasteiger partial charge in [0.2, 0.25) is 0 Å². The SMILES string of the molecule is O=C(O)COc1ccc(CCc2ccccc2-c2nc3ccccc3n2CC2CCCCC2)cc1. The second-order valence-electron chi connectivity index (χ2n) is 9.52. The number of imidazole rings is 1. The van der Waals surface area contributed by atoms with E-state index >= 15 is 0 Å². The fourth-order valence-corrected chi connectivity index (χ4v) is 5.23. The normalized spacial score (nSPS) is 14.3. The third kappa shape index (κ3) is 5.56. The number of aryl methyl sites for hydroxylation is 2. The summed E-state index contributed by atoms with van der Waals surface area (Å²) in [6, 6.07) is 24.8. The lowest BCUT2D eigenvalue weighted by molar-refractivity contribution is -0.139. The number of nitrogens with zero attached hydrogens (tertiary/aromatic N) is 2. The Bertz CT molecular complexity index is 1290. The lowest BCUT2D eigenvalue weighted by Crippen LogP contribution is -2.15. The van der Waals surface area contributed by atoms with Crippen LogP contribution in [-0.2, 0) is 24.2 Å². The number of aromatic nitrogens is 2. The van der Waals surface area contributed by atoms with Gasteiger partial charge < -0.3 is 14.4 Å². The topological polar surface area (TPSA) is 64.3 Å². The quantitative estimate of drug-likeness (QED) is 0.303. The van der Waals surface area contributed by atoms with Crippen LogP contribution >= 0.6 is 0 Å². The van der Waals surface area contributed by atoms with E-state index in [1.54, 1.807) is 0 Å². The van der Waals surface area contributed by atoms with Gasteiger partial charge >= 0.3 is 5.97 Å². The van der Waals surface area contributed by atoms with E-state index in [-0.39, 0.29) is 6.61 Å². The Morgan fingerprint density at radius 3 is 2.46 bits per heavy atom. The minimum absolute atomic E-state index is 0.325. The van der Waals surface area contributed by atoms with Crippen LogP contribution < -0.4 is 4.74 Å². The van der Waals surface area contributed by atoms with Crippen LogP contribution in [0, 0.1) is 5.92 Å². The molecule has 0 saturated heterocycles. The zero-order valence-corrected chi connectivity index (χ0v) is 20.0. The molecule has 1 aliphatic rings. The highest BCUT2D eigenvalue weighted by Crippen LogP contribution is 2.32. The first-order valence-electron chi connectivity index (χ1n) is 12.6. The fourth-order valence-electron chi connectivity index (χ4n) is 5.23. The summed E-state index contributed by atoms with van der Waals surface area (Å²) < 4.78 is 7.71. The first kappa shape index (κ1) is 23.2. The monoisotopic (exact) mass is 468 g/mol. The Hall–Kier alpha value is -3.60. The first-order chi connectivity index (χ1) is 17.2. The van der Waals surface area contributed by atoms with Crippen LogP contribution in [0.15, 0.2) is 72.8 Å². The fraction of sp³-hybridized carbons (Fsp3) is 0.333. The molecule has 1 heterocycles. The van der Waals surface area contributed by atoms with Crippen LogP contribution in [0.2, 0.25) is 0 Å². The minimum Gasteiger partial charge on any atom is -0.482 e. The van der Waals surface area contributed by atoms with Crippen molar-refractivity contribution in [1.29, 1.82) is 0 Å². The summed E-state index contributed by atoms with van der Waals surface area (Å²) in [4.78, 5) is 15.8. The molecule has 5 nitrogen and oxygen atoms in total. The Balaban J connectivity index is 1.39. The number of aliphatic carboxylic acids is 1. The van der Waals surface area contributed by atoms with Crippen molar-refractivity contribution in [2.24, 2.45) is 5.92 Å². The van der Waals surface area contributed by atoms with E-state index in [9.17, 15) is 4.79 Å². The van der Waals surface area contributed by atoms with E-state index in [0.29, 0.717) is 11.7 Å². The predicted octanol–water partition coefficient (Wildman–Crippen LogP) is 6.53. The van der Waals surface area contributed by atoms with Crippen LogP contribution in [0.1, 0.15) is 43.2 Å². The molecule has 0 amide bonds. The molecule has 5 rings (SSSR count). The number of ether oxygens (including phenoxy) is 1. The maximum Gasteiger partial charge on any atom is 0.341 e. The highest BCUT2D eigenvalue weighted by Gasteiger charge is 2.20. The van der Waals surface area contributed by atoms with Crippen LogP contribution in [0.3, 0.4) is 0 Å². The Morgan fingerprint density at radius 1 is 0.914 bits per heavy atom. The zero-order valence-electron chi connectivity index (χ0n) is 20.0. The number of para-hydroxylation sites is 2. The van der Waals surface area contributed by atoms with Gasteiger partial charge in [0.15, 0.2) is 6.61 Å². The number of carboxylic acid groups (broad SMARTS) is 1. The van der Waals surface area contributed by atoms with Crippen molar-refractivity contribution >= 4 is 17.0 Å². The van der Waals surface area contributed by atoms with Crippen molar-refractivity contribution in [2.75, 3.05) is 6.61 Å². The predicted molar refractivity (Wildman–Crippen MR) is 139 cm³/mol. The average molecular weight is 469 g/mol. The van der Waals surface area contributed by atoms with Crippen LogP contribution in [0.25, 0.3) is 22.4 Å². The van der Waals surface area contributed by atoms with E-state index in [2.05, 4.69) is 53.1 Å². The van der Waals surface area contributed by atoms with Gasteiger partial charge in [-0.05, 0) is 67.0 Å². The second kappa shape index (κ2) is 10.8. The summed E-state index contributed by atoms with van der Waals surface area (Å²) in [6.45, 7) is 0.705. The van der Waals surface area contributed by atoms with Crippen molar-refractivity contribution in [3.8, 4) is 17.1 Å². The number of carbonyl (C=O) groups is 1. The van der Waals surface area contributed by atoms with Crippen LogP contribution in [-0.4, -0.2) is 27.2 Å². The summed E-state index contributed by atoms with van der Waals surface area (Å²) in [7, 11) is 0. The van der Waals surface area contributed by atoms with Gasteiger partial charge in [-0.1, -0.05) is 67.8 Å². The second-order valence-corrected chi connectivity index (χ2v) is 9.52. The minimum atomic E-state index is -0.972. The molecule has 4 aromatic rings. The summed E-state index contributed by atoms with van der Waals surface area (Å²) in [5, 5.41) is 8.79. The Morgan fingerprint density at radius 2 is 1.66 bits per heavy atom.